The summed E-state index contributed by atoms with van der Waals surface area (Å²) in [5, 5.41) is 0. The molecule has 0 aromatic rings. The van der Waals surface area contributed by atoms with Crippen molar-refractivity contribution in [2.75, 3.05) is 27.3 Å². The van der Waals surface area contributed by atoms with E-state index < -0.39 is 16.6 Å². The van der Waals surface area contributed by atoms with Crippen molar-refractivity contribution >= 4 is 16.6 Å². The summed E-state index contributed by atoms with van der Waals surface area (Å²) in [4.78, 5) is 0. The average Bonchev–Trinajstić information content (AvgIpc) is 1.43. The summed E-state index contributed by atoms with van der Waals surface area (Å²) in [5.74, 6) is 0. The first-order chi connectivity index (χ1) is 5.41. The predicted molar refractivity (Wildman–Crippen MR) is 64.8 cm³/mol. The van der Waals surface area contributed by atoms with E-state index in [1.165, 1.54) is 6.17 Å². The van der Waals surface area contributed by atoms with Crippen LogP contribution in [0.4, 0.5) is 0 Å². The summed E-state index contributed by atoms with van der Waals surface area (Å²) < 4.78 is 7.28. The highest BCUT2D eigenvalue weighted by atomic mass is 28.4. The standard InChI is InChI=1S/C9H26NOSi2/c1-10(2,3)9-13(7,8)11-12(4,5)6/h9H2,1-8H3/q+1. The van der Waals surface area contributed by atoms with Crippen LogP contribution in [0.5, 0.6) is 0 Å². The second-order valence-corrected chi connectivity index (χ2v) is 15.3. The highest BCUT2D eigenvalue weighted by Crippen LogP contribution is 2.16. The largest absolute Gasteiger partial charge is 0.452 e. The Morgan fingerprint density at radius 2 is 1.31 bits per heavy atom. The number of nitrogens with zero attached hydrogens (tertiary/aromatic N) is 1. The first-order valence-electron chi connectivity index (χ1n) is 4.92. The molecular formula is C9H26NOSi2+. The second-order valence-electron chi connectivity index (χ2n) is 6.42. The summed E-state index contributed by atoms with van der Waals surface area (Å²) in [6.07, 6.45) is 1.19. The zero-order valence-corrected chi connectivity index (χ0v) is 12.6. The Morgan fingerprint density at radius 1 is 0.923 bits per heavy atom. The third kappa shape index (κ3) is 8.68. The lowest BCUT2D eigenvalue weighted by Crippen LogP contribution is -2.54. The summed E-state index contributed by atoms with van der Waals surface area (Å²) in [5.41, 5.74) is 0. The van der Waals surface area contributed by atoms with Crippen LogP contribution in [0, 0.1) is 0 Å². The van der Waals surface area contributed by atoms with Gasteiger partial charge in [0.25, 0.3) is 0 Å². The molecule has 0 heterocycles. The zero-order valence-electron chi connectivity index (χ0n) is 10.6. The van der Waals surface area contributed by atoms with Crippen molar-refractivity contribution in [3.05, 3.63) is 0 Å². The van der Waals surface area contributed by atoms with E-state index >= 15 is 0 Å². The van der Waals surface area contributed by atoms with Gasteiger partial charge < -0.3 is 8.60 Å². The van der Waals surface area contributed by atoms with Crippen LogP contribution in [-0.2, 0) is 4.12 Å². The van der Waals surface area contributed by atoms with Crippen molar-refractivity contribution in [1.29, 1.82) is 0 Å². The minimum Gasteiger partial charge on any atom is -0.452 e. The number of rotatable bonds is 4. The molecule has 0 bridgehead atoms. The molecule has 13 heavy (non-hydrogen) atoms. The molecule has 0 spiro atoms. The highest BCUT2D eigenvalue weighted by molar-refractivity contribution is 6.84. The Hall–Kier alpha value is 0.354. The average molecular weight is 220 g/mol. The summed E-state index contributed by atoms with van der Waals surface area (Å²) in [6, 6.07) is 0. The Morgan fingerprint density at radius 3 is 1.54 bits per heavy atom. The van der Waals surface area contributed by atoms with Gasteiger partial charge in [0.1, 0.15) is 0 Å². The van der Waals surface area contributed by atoms with E-state index in [4.69, 9.17) is 4.12 Å². The van der Waals surface area contributed by atoms with Crippen LogP contribution >= 0.6 is 0 Å². The summed E-state index contributed by atoms with van der Waals surface area (Å²) >= 11 is 0. The fourth-order valence-electron chi connectivity index (χ4n) is 2.00. The first kappa shape index (κ1) is 13.4. The van der Waals surface area contributed by atoms with Crippen molar-refractivity contribution in [3.63, 3.8) is 0 Å². The second kappa shape index (κ2) is 3.84. The maximum absolute atomic E-state index is 6.26. The Labute approximate surface area is 85.8 Å². The van der Waals surface area contributed by atoms with Crippen LogP contribution in [0.2, 0.25) is 32.7 Å². The predicted octanol–water partition coefficient (Wildman–Crippen LogP) is 2.29. The van der Waals surface area contributed by atoms with Gasteiger partial charge in [-0.2, -0.15) is 0 Å². The van der Waals surface area contributed by atoms with E-state index in [2.05, 4.69) is 53.9 Å². The molecule has 0 fully saturated rings. The lowest BCUT2D eigenvalue weighted by atomic mass is 10.8. The van der Waals surface area contributed by atoms with E-state index in [-0.39, 0.29) is 0 Å². The summed E-state index contributed by atoms with van der Waals surface area (Å²) in [7, 11) is 3.93. The molecule has 0 N–H and O–H groups in total. The van der Waals surface area contributed by atoms with Crippen molar-refractivity contribution in [2.45, 2.75) is 32.7 Å². The zero-order chi connectivity index (χ0) is 10.9. The van der Waals surface area contributed by atoms with Gasteiger partial charge in [0, 0.05) is 0 Å². The summed E-state index contributed by atoms with van der Waals surface area (Å²) in [6.45, 7) is 11.5. The van der Waals surface area contributed by atoms with Gasteiger partial charge in [0.2, 0.25) is 8.32 Å². The molecule has 0 aromatic heterocycles. The Kier molecular flexibility index (Phi) is 3.95. The van der Waals surface area contributed by atoms with Crippen LogP contribution in [0.1, 0.15) is 0 Å². The van der Waals surface area contributed by atoms with E-state index in [1.54, 1.807) is 0 Å². The van der Waals surface area contributed by atoms with Crippen LogP contribution in [-0.4, -0.2) is 48.4 Å². The van der Waals surface area contributed by atoms with Crippen LogP contribution < -0.4 is 0 Å². The van der Waals surface area contributed by atoms with Gasteiger partial charge >= 0.3 is 0 Å². The molecule has 0 rings (SSSR count). The lowest BCUT2D eigenvalue weighted by molar-refractivity contribution is -0.860. The van der Waals surface area contributed by atoms with Crippen molar-refractivity contribution < 1.29 is 8.60 Å². The fourth-order valence-corrected chi connectivity index (χ4v) is 11.2. The van der Waals surface area contributed by atoms with Crippen LogP contribution in [0.3, 0.4) is 0 Å². The van der Waals surface area contributed by atoms with Gasteiger partial charge in [0.05, 0.1) is 27.3 Å². The van der Waals surface area contributed by atoms with E-state index in [9.17, 15) is 0 Å². The van der Waals surface area contributed by atoms with Crippen molar-refractivity contribution in [2.24, 2.45) is 0 Å². The first-order valence-corrected chi connectivity index (χ1v) is 11.4. The minimum atomic E-state index is -1.44. The molecule has 0 saturated heterocycles. The monoisotopic (exact) mass is 220 g/mol. The quantitative estimate of drug-likeness (QED) is 0.522. The third-order valence-corrected chi connectivity index (χ3v) is 7.81. The molecule has 0 aliphatic heterocycles. The topological polar surface area (TPSA) is 9.23 Å². The molecule has 4 heteroatoms. The minimum absolute atomic E-state index is 1.02. The fraction of sp³-hybridized carbons (Fsp3) is 1.00. The van der Waals surface area contributed by atoms with Crippen LogP contribution in [0.15, 0.2) is 0 Å². The normalized spacial score (nSPS) is 14.8. The van der Waals surface area contributed by atoms with Gasteiger partial charge in [-0.25, -0.2) is 0 Å². The highest BCUT2D eigenvalue weighted by Gasteiger charge is 2.34. The Bertz CT molecular complexity index is 149. The van der Waals surface area contributed by atoms with E-state index in [0.29, 0.717) is 0 Å². The van der Waals surface area contributed by atoms with Crippen molar-refractivity contribution in [1.82, 2.24) is 0 Å². The molecule has 80 valence electrons. The maximum atomic E-state index is 6.26. The van der Waals surface area contributed by atoms with Gasteiger partial charge in [0.15, 0.2) is 8.32 Å². The molecule has 0 aliphatic rings. The maximum Gasteiger partial charge on any atom is 0.234 e. The van der Waals surface area contributed by atoms with Crippen LogP contribution in [0.25, 0.3) is 0 Å². The lowest BCUT2D eigenvalue weighted by Gasteiger charge is -2.36. The molecule has 0 aliphatic carbocycles. The molecule has 0 amide bonds. The number of hydrogen-bond donors (Lipinski definition) is 0. The molecule has 0 saturated carbocycles. The van der Waals surface area contributed by atoms with Gasteiger partial charge in [-0.3, -0.25) is 0 Å². The van der Waals surface area contributed by atoms with Gasteiger partial charge in [-0.15, -0.1) is 0 Å². The van der Waals surface area contributed by atoms with E-state index in [1.807, 2.05) is 0 Å². The number of quaternary nitrogens is 1. The smallest absolute Gasteiger partial charge is 0.234 e. The number of hydrogen-bond acceptors (Lipinski definition) is 1. The van der Waals surface area contributed by atoms with Gasteiger partial charge in [-0.1, -0.05) is 0 Å². The SMILES string of the molecule is C[N+](C)(C)C[Si](C)(C)O[Si](C)(C)C. The molecule has 0 radical (unpaired) electrons. The van der Waals surface area contributed by atoms with Crippen molar-refractivity contribution in [3.8, 4) is 0 Å². The van der Waals surface area contributed by atoms with E-state index in [0.717, 1.165) is 4.48 Å². The molecule has 0 aromatic carbocycles. The molecule has 2 nitrogen and oxygen atoms in total. The Balaban J connectivity index is 4.25. The molecule has 0 atom stereocenters. The molecular weight excluding hydrogens is 194 g/mol. The van der Waals surface area contributed by atoms with Gasteiger partial charge in [-0.05, 0) is 32.7 Å². The third-order valence-electron chi connectivity index (χ3n) is 1.44. The molecule has 0 unspecified atom stereocenters.